The molecular formula is C17H11Cl2N3O. The smallest absolute Gasteiger partial charge is 0.189 e. The van der Waals surface area contributed by atoms with Gasteiger partial charge in [0.25, 0.3) is 0 Å². The van der Waals surface area contributed by atoms with Crippen LogP contribution in [0.1, 0.15) is 22.1 Å². The molecule has 0 spiro atoms. The van der Waals surface area contributed by atoms with Crippen molar-refractivity contribution in [2.24, 2.45) is 7.05 Å². The summed E-state index contributed by atoms with van der Waals surface area (Å²) < 4.78 is 1.75. The van der Waals surface area contributed by atoms with Crippen molar-refractivity contribution in [1.29, 1.82) is 5.26 Å². The molecule has 0 N–H and O–H groups in total. The number of rotatable bonds is 3. The SMILES string of the molecule is Cn1c(C(C#N)C(=O)c2ccc(Cl)cc2Cl)nc2ccccc21. The first-order valence-corrected chi connectivity index (χ1v) is 7.58. The third kappa shape index (κ3) is 2.70. The molecule has 3 rings (SSSR count). The third-order valence-corrected chi connectivity index (χ3v) is 4.22. The van der Waals surface area contributed by atoms with Crippen molar-refractivity contribution in [1.82, 2.24) is 9.55 Å². The van der Waals surface area contributed by atoms with E-state index in [1.165, 1.54) is 12.1 Å². The summed E-state index contributed by atoms with van der Waals surface area (Å²) in [6.07, 6.45) is 0. The Balaban J connectivity index is 2.10. The predicted molar refractivity (Wildman–Crippen MR) is 89.9 cm³/mol. The number of aromatic nitrogens is 2. The lowest BCUT2D eigenvalue weighted by atomic mass is 9.98. The van der Waals surface area contributed by atoms with Crippen LogP contribution in [0, 0.1) is 11.3 Å². The number of hydrogen-bond donors (Lipinski definition) is 0. The topological polar surface area (TPSA) is 58.7 Å². The largest absolute Gasteiger partial charge is 0.330 e. The number of aryl methyl sites for hydroxylation is 1. The molecule has 0 amide bonds. The van der Waals surface area contributed by atoms with E-state index in [2.05, 4.69) is 4.98 Å². The zero-order valence-electron chi connectivity index (χ0n) is 12.1. The molecule has 4 nitrogen and oxygen atoms in total. The first-order valence-electron chi connectivity index (χ1n) is 6.83. The molecule has 1 atom stereocenters. The quantitative estimate of drug-likeness (QED) is 0.663. The fraction of sp³-hybridized carbons (Fsp3) is 0.118. The average Bonchev–Trinajstić information content (AvgIpc) is 2.85. The van der Waals surface area contributed by atoms with E-state index in [0.717, 1.165) is 11.0 Å². The van der Waals surface area contributed by atoms with Gasteiger partial charge in [0, 0.05) is 17.6 Å². The fourth-order valence-corrected chi connectivity index (χ4v) is 3.00. The predicted octanol–water partition coefficient (Wildman–Crippen LogP) is 4.37. The van der Waals surface area contributed by atoms with Gasteiger partial charge in [0.2, 0.25) is 0 Å². The number of Topliss-reactive ketones (excluding diaryl/α,β-unsaturated/α-hetero) is 1. The number of halogens is 2. The van der Waals surface area contributed by atoms with Gasteiger partial charge in [-0.2, -0.15) is 5.26 Å². The summed E-state index contributed by atoms with van der Waals surface area (Å²) in [5.41, 5.74) is 1.85. The Kier molecular flexibility index (Phi) is 4.08. The Labute approximate surface area is 142 Å². The minimum absolute atomic E-state index is 0.224. The van der Waals surface area contributed by atoms with Crippen LogP contribution in [0.5, 0.6) is 0 Å². The zero-order valence-corrected chi connectivity index (χ0v) is 13.6. The van der Waals surface area contributed by atoms with Gasteiger partial charge in [-0.1, -0.05) is 35.3 Å². The van der Waals surface area contributed by atoms with Crippen molar-refractivity contribution in [2.75, 3.05) is 0 Å². The number of benzene rings is 2. The van der Waals surface area contributed by atoms with E-state index in [1.54, 1.807) is 17.7 Å². The van der Waals surface area contributed by atoms with Gasteiger partial charge in [-0.15, -0.1) is 0 Å². The number of nitriles is 1. The lowest BCUT2D eigenvalue weighted by Crippen LogP contribution is -2.16. The highest BCUT2D eigenvalue weighted by atomic mass is 35.5. The first kappa shape index (κ1) is 15.5. The van der Waals surface area contributed by atoms with E-state index < -0.39 is 11.7 Å². The number of ketones is 1. The Morgan fingerprint density at radius 1 is 1.26 bits per heavy atom. The van der Waals surface area contributed by atoms with Crippen LogP contribution in [0.15, 0.2) is 42.5 Å². The van der Waals surface area contributed by atoms with E-state index in [4.69, 9.17) is 23.2 Å². The number of fused-ring (bicyclic) bond motifs is 1. The van der Waals surface area contributed by atoms with Crippen LogP contribution in [-0.4, -0.2) is 15.3 Å². The Hall–Kier alpha value is -2.35. The maximum absolute atomic E-state index is 12.7. The van der Waals surface area contributed by atoms with E-state index in [-0.39, 0.29) is 10.6 Å². The summed E-state index contributed by atoms with van der Waals surface area (Å²) in [6.45, 7) is 0. The molecule has 2 aromatic carbocycles. The van der Waals surface area contributed by atoms with Crippen molar-refractivity contribution in [3.63, 3.8) is 0 Å². The summed E-state index contributed by atoms with van der Waals surface area (Å²) in [7, 11) is 1.78. The lowest BCUT2D eigenvalue weighted by molar-refractivity contribution is 0.0975. The van der Waals surface area contributed by atoms with Crippen molar-refractivity contribution in [3.8, 4) is 6.07 Å². The second kappa shape index (κ2) is 6.04. The average molecular weight is 344 g/mol. The summed E-state index contributed by atoms with van der Waals surface area (Å²) in [4.78, 5) is 17.2. The highest BCUT2D eigenvalue weighted by Crippen LogP contribution is 2.28. The van der Waals surface area contributed by atoms with Gasteiger partial charge in [0.15, 0.2) is 11.7 Å². The summed E-state index contributed by atoms with van der Waals surface area (Å²) in [5, 5.41) is 10.2. The van der Waals surface area contributed by atoms with Crippen molar-refractivity contribution in [2.45, 2.75) is 5.92 Å². The van der Waals surface area contributed by atoms with Gasteiger partial charge in [-0.3, -0.25) is 4.79 Å². The minimum Gasteiger partial charge on any atom is -0.330 e. The molecule has 114 valence electrons. The monoisotopic (exact) mass is 343 g/mol. The molecule has 0 bridgehead atoms. The van der Waals surface area contributed by atoms with E-state index >= 15 is 0 Å². The van der Waals surface area contributed by atoms with Crippen LogP contribution in [-0.2, 0) is 7.05 Å². The van der Waals surface area contributed by atoms with Gasteiger partial charge in [0.05, 0.1) is 22.1 Å². The van der Waals surface area contributed by atoms with Gasteiger partial charge in [0.1, 0.15) is 5.82 Å². The molecule has 0 radical (unpaired) electrons. The second-order valence-electron chi connectivity index (χ2n) is 5.07. The summed E-state index contributed by atoms with van der Waals surface area (Å²) >= 11 is 11.9. The normalized spacial score (nSPS) is 12.1. The Morgan fingerprint density at radius 3 is 2.65 bits per heavy atom. The summed E-state index contributed by atoms with van der Waals surface area (Å²) in [6, 6.07) is 14.1. The maximum atomic E-state index is 12.7. The highest BCUT2D eigenvalue weighted by molar-refractivity contribution is 6.37. The number of carbonyl (C=O) groups excluding carboxylic acids is 1. The maximum Gasteiger partial charge on any atom is 0.189 e. The molecule has 0 saturated heterocycles. The standard InChI is InChI=1S/C17H11Cl2N3O/c1-22-15-5-3-2-4-14(15)21-17(22)12(9-20)16(23)11-7-6-10(18)8-13(11)19/h2-8,12H,1H3. The van der Waals surface area contributed by atoms with Crippen LogP contribution < -0.4 is 0 Å². The lowest BCUT2D eigenvalue weighted by Gasteiger charge is -2.10. The Bertz CT molecular complexity index is 956. The van der Waals surface area contributed by atoms with E-state index in [1.807, 2.05) is 30.3 Å². The number of carbonyl (C=O) groups is 1. The van der Waals surface area contributed by atoms with E-state index in [9.17, 15) is 10.1 Å². The van der Waals surface area contributed by atoms with Crippen molar-refractivity contribution >= 4 is 40.0 Å². The van der Waals surface area contributed by atoms with Gasteiger partial charge >= 0.3 is 0 Å². The molecule has 0 fully saturated rings. The molecule has 1 unspecified atom stereocenters. The van der Waals surface area contributed by atoms with Crippen LogP contribution in [0.2, 0.25) is 10.0 Å². The van der Waals surface area contributed by atoms with Crippen LogP contribution >= 0.6 is 23.2 Å². The number of imidazole rings is 1. The van der Waals surface area contributed by atoms with Crippen molar-refractivity contribution in [3.05, 3.63) is 63.9 Å². The molecule has 23 heavy (non-hydrogen) atoms. The first-order chi connectivity index (χ1) is 11.0. The molecule has 0 aliphatic carbocycles. The van der Waals surface area contributed by atoms with Gasteiger partial charge in [-0.25, -0.2) is 4.98 Å². The molecule has 6 heteroatoms. The fourth-order valence-electron chi connectivity index (χ4n) is 2.50. The molecule has 3 aromatic rings. The van der Waals surface area contributed by atoms with Gasteiger partial charge < -0.3 is 4.57 Å². The minimum atomic E-state index is -1.04. The molecule has 0 aliphatic heterocycles. The highest BCUT2D eigenvalue weighted by Gasteiger charge is 2.28. The molecular weight excluding hydrogens is 333 g/mol. The molecule has 1 aromatic heterocycles. The third-order valence-electron chi connectivity index (χ3n) is 3.67. The number of para-hydroxylation sites is 2. The van der Waals surface area contributed by atoms with Crippen LogP contribution in [0.25, 0.3) is 11.0 Å². The summed E-state index contributed by atoms with van der Waals surface area (Å²) in [5.74, 6) is -1.04. The number of hydrogen-bond acceptors (Lipinski definition) is 3. The van der Waals surface area contributed by atoms with Crippen molar-refractivity contribution < 1.29 is 4.79 Å². The molecule has 0 saturated carbocycles. The number of nitrogens with zero attached hydrogens (tertiary/aromatic N) is 3. The molecule has 0 aliphatic rings. The Morgan fingerprint density at radius 2 is 2.00 bits per heavy atom. The second-order valence-corrected chi connectivity index (χ2v) is 5.91. The van der Waals surface area contributed by atoms with Crippen LogP contribution in [0.4, 0.5) is 0 Å². The zero-order chi connectivity index (χ0) is 16.6. The van der Waals surface area contributed by atoms with Crippen LogP contribution in [0.3, 0.4) is 0 Å². The van der Waals surface area contributed by atoms with Gasteiger partial charge in [-0.05, 0) is 30.3 Å². The molecule has 1 heterocycles. The van der Waals surface area contributed by atoms with E-state index in [0.29, 0.717) is 10.8 Å².